The van der Waals surface area contributed by atoms with E-state index in [0.29, 0.717) is 5.75 Å². The molecular formula is C19H17FN2O5S. The van der Waals surface area contributed by atoms with Gasteiger partial charge in [-0.3, -0.25) is 0 Å². The number of ether oxygens (including phenoxy) is 1. The standard InChI is InChI=1S/C19H17FN2O5S/c1-22(2)28(25,26)12-5-6-16-13(9-12)14(19(23)24)10-17(21-16)15-8-11(20)4-7-18(15)27-3/h4-10H,1-3H3,(H,23,24). The first-order valence-corrected chi connectivity index (χ1v) is 9.53. The predicted octanol–water partition coefficient (Wildman–Crippen LogP) is 3.00. The molecule has 3 rings (SSSR count). The summed E-state index contributed by atoms with van der Waals surface area (Å²) in [4.78, 5) is 16.2. The van der Waals surface area contributed by atoms with E-state index >= 15 is 0 Å². The second-order valence-electron chi connectivity index (χ2n) is 6.17. The average molecular weight is 404 g/mol. The maximum atomic E-state index is 13.7. The summed E-state index contributed by atoms with van der Waals surface area (Å²) >= 11 is 0. The van der Waals surface area contributed by atoms with Crippen molar-refractivity contribution in [3.63, 3.8) is 0 Å². The minimum atomic E-state index is -3.75. The molecule has 0 amide bonds. The molecule has 0 saturated carbocycles. The van der Waals surface area contributed by atoms with Gasteiger partial charge in [0.25, 0.3) is 0 Å². The molecule has 0 aliphatic heterocycles. The van der Waals surface area contributed by atoms with Crippen LogP contribution in [-0.4, -0.2) is 50.0 Å². The van der Waals surface area contributed by atoms with E-state index < -0.39 is 21.8 Å². The fourth-order valence-corrected chi connectivity index (χ4v) is 3.70. The number of nitrogens with zero attached hydrogens (tertiary/aromatic N) is 2. The van der Waals surface area contributed by atoms with Crippen molar-refractivity contribution in [2.45, 2.75) is 4.90 Å². The summed E-state index contributed by atoms with van der Waals surface area (Å²) in [5.41, 5.74) is 0.599. The van der Waals surface area contributed by atoms with Gasteiger partial charge in [0, 0.05) is 25.0 Å². The van der Waals surface area contributed by atoms with Gasteiger partial charge < -0.3 is 9.84 Å². The number of carboxylic acids is 1. The minimum Gasteiger partial charge on any atom is -0.496 e. The molecule has 0 saturated heterocycles. The van der Waals surface area contributed by atoms with E-state index in [0.717, 1.165) is 4.31 Å². The molecular weight excluding hydrogens is 387 g/mol. The number of benzene rings is 2. The Bertz CT molecular complexity index is 1190. The first kappa shape index (κ1) is 19.7. The Morgan fingerprint density at radius 3 is 2.46 bits per heavy atom. The highest BCUT2D eigenvalue weighted by atomic mass is 32.2. The molecule has 3 aromatic rings. The van der Waals surface area contributed by atoms with Crippen molar-refractivity contribution in [3.05, 3.63) is 53.8 Å². The minimum absolute atomic E-state index is 0.0506. The lowest BCUT2D eigenvalue weighted by molar-refractivity contribution is 0.0699. The molecule has 0 radical (unpaired) electrons. The quantitative estimate of drug-likeness (QED) is 0.702. The molecule has 0 spiro atoms. The fourth-order valence-electron chi connectivity index (χ4n) is 2.77. The van der Waals surface area contributed by atoms with Gasteiger partial charge in [-0.1, -0.05) is 0 Å². The summed E-state index contributed by atoms with van der Waals surface area (Å²) < 4.78 is 44.7. The molecule has 1 aromatic heterocycles. The first-order chi connectivity index (χ1) is 13.1. The highest BCUT2D eigenvalue weighted by Crippen LogP contribution is 2.33. The zero-order chi connectivity index (χ0) is 20.6. The highest BCUT2D eigenvalue weighted by Gasteiger charge is 2.21. The van der Waals surface area contributed by atoms with Crippen molar-refractivity contribution < 1.29 is 27.4 Å². The van der Waals surface area contributed by atoms with Gasteiger partial charge in [-0.25, -0.2) is 26.9 Å². The van der Waals surface area contributed by atoms with E-state index in [2.05, 4.69) is 4.98 Å². The van der Waals surface area contributed by atoms with Crippen molar-refractivity contribution in [1.82, 2.24) is 9.29 Å². The summed E-state index contributed by atoms with van der Waals surface area (Å²) in [7, 11) is 0.433. The van der Waals surface area contributed by atoms with Gasteiger partial charge >= 0.3 is 5.97 Å². The third kappa shape index (κ3) is 3.41. The number of fused-ring (bicyclic) bond motifs is 1. The summed E-state index contributed by atoms with van der Waals surface area (Å²) in [5, 5.41) is 9.81. The highest BCUT2D eigenvalue weighted by molar-refractivity contribution is 7.89. The number of methoxy groups -OCH3 is 1. The molecule has 0 fully saturated rings. The molecule has 9 heteroatoms. The van der Waals surface area contributed by atoms with Gasteiger partial charge in [-0.15, -0.1) is 0 Å². The van der Waals surface area contributed by atoms with Crippen LogP contribution in [0.15, 0.2) is 47.4 Å². The number of hydrogen-bond donors (Lipinski definition) is 1. The van der Waals surface area contributed by atoms with Crippen LogP contribution in [0.5, 0.6) is 5.75 Å². The van der Waals surface area contributed by atoms with Gasteiger partial charge in [0.05, 0.1) is 28.8 Å². The maximum Gasteiger partial charge on any atom is 0.336 e. The van der Waals surface area contributed by atoms with E-state index in [9.17, 15) is 22.7 Å². The van der Waals surface area contributed by atoms with Gasteiger partial charge in [0.1, 0.15) is 11.6 Å². The molecule has 0 aliphatic carbocycles. The SMILES string of the molecule is COc1ccc(F)cc1-c1cc(C(=O)O)c2cc(S(=O)(=O)N(C)C)ccc2n1. The molecule has 2 aromatic carbocycles. The summed E-state index contributed by atoms with van der Waals surface area (Å²) in [6, 6.07) is 9.16. The molecule has 0 unspecified atom stereocenters. The Kier molecular flexibility index (Phi) is 5.05. The number of carboxylic acid groups (broad SMARTS) is 1. The number of halogens is 1. The van der Waals surface area contributed by atoms with Gasteiger partial charge in [-0.05, 0) is 42.5 Å². The average Bonchev–Trinajstić information content (AvgIpc) is 2.66. The predicted molar refractivity (Wildman–Crippen MR) is 102 cm³/mol. The first-order valence-electron chi connectivity index (χ1n) is 8.09. The normalized spacial score (nSPS) is 11.8. The Morgan fingerprint density at radius 2 is 1.86 bits per heavy atom. The molecule has 0 bridgehead atoms. The van der Waals surface area contributed by atoms with Crippen LogP contribution in [-0.2, 0) is 10.0 Å². The van der Waals surface area contributed by atoms with Gasteiger partial charge in [0.15, 0.2) is 0 Å². The fraction of sp³-hybridized carbons (Fsp3) is 0.158. The van der Waals surface area contributed by atoms with Crippen LogP contribution in [0.2, 0.25) is 0 Å². The number of carbonyl (C=O) groups is 1. The Balaban J connectivity index is 2.31. The van der Waals surface area contributed by atoms with Crippen molar-refractivity contribution >= 4 is 26.9 Å². The van der Waals surface area contributed by atoms with E-state index in [1.807, 2.05) is 0 Å². The van der Waals surface area contributed by atoms with E-state index in [-0.39, 0.29) is 32.6 Å². The van der Waals surface area contributed by atoms with Crippen molar-refractivity contribution in [2.75, 3.05) is 21.2 Å². The molecule has 28 heavy (non-hydrogen) atoms. The van der Waals surface area contributed by atoms with Crippen LogP contribution in [0.25, 0.3) is 22.2 Å². The van der Waals surface area contributed by atoms with E-state index in [1.54, 1.807) is 0 Å². The van der Waals surface area contributed by atoms with Crippen molar-refractivity contribution in [1.29, 1.82) is 0 Å². The monoisotopic (exact) mass is 404 g/mol. The smallest absolute Gasteiger partial charge is 0.336 e. The number of aromatic carboxylic acids is 1. The lowest BCUT2D eigenvalue weighted by Crippen LogP contribution is -2.22. The van der Waals surface area contributed by atoms with E-state index in [4.69, 9.17) is 4.74 Å². The Morgan fingerprint density at radius 1 is 1.14 bits per heavy atom. The van der Waals surface area contributed by atoms with Crippen LogP contribution in [0.3, 0.4) is 0 Å². The number of hydrogen-bond acceptors (Lipinski definition) is 5. The number of rotatable bonds is 5. The summed E-state index contributed by atoms with van der Waals surface area (Å²) in [5.74, 6) is -1.46. The van der Waals surface area contributed by atoms with Crippen LogP contribution in [0, 0.1) is 5.82 Å². The summed E-state index contributed by atoms with van der Waals surface area (Å²) in [6.07, 6.45) is 0. The second kappa shape index (κ2) is 7.17. The largest absolute Gasteiger partial charge is 0.496 e. The zero-order valence-corrected chi connectivity index (χ0v) is 16.1. The molecule has 146 valence electrons. The topological polar surface area (TPSA) is 96.8 Å². The van der Waals surface area contributed by atoms with E-state index in [1.165, 1.54) is 63.7 Å². The number of sulfonamides is 1. The molecule has 0 aliphatic rings. The van der Waals surface area contributed by atoms with Crippen LogP contribution < -0.4 is 4.74 Å². The van der Waals surface area contributed by atoms with Crippen LogP contribution in [0.4, 0.5) is 4.39 Å². The zero-order valence-electron chi connectivity index (χ0n) is 15.3. The lowest BCUT2D eigenvalue weighted by atomic mass is 10.0. The third-order valence-electron chi connectivity index (χ3n) is 4.23. The van der Waals surface area contributed by atoms with Crippen molar-refractivity contribution in [2.24, 2.45) is 0 Å². The molecule has 7 nitrogen and oxygen atoms in total. The van der Waals surface area contributed by atoms with Gasteiger partial charge in [0.2, 0.25) is 10.0 Å². The lowest BCUT2D eigenvalue weighted by Gasteiger charge is -2.14. The number of pyridine rings is 1. The second-order valence-corrected chi connectivity index (χ2v) is 8.32. The van der Waals surface area contributed by atoms with Crippen LogP contribution >= 0.6 is 0 Å². The Hall–Kier alpha value is -3.04. The molecule has 1 heterocycles. The number of aromatic nitrogens is 1. The summed E-state index contributed by atoms with van der Waals surface area (Å²) in [6.45, 7) is 0. The maximum absolute atomic E-state index is 13.7. The van der Waals surface area contributed by atoms with Crippen molar-refractivity contribution in [3.8, 4) is 17.0 Å². The molecule has 1 N–H and O–H groups in total. The third-order valence-corrected chi connectivity index (χ3v) is 6.04. The van der Waals surface area contributed by atoms with Gasteiger partial charge in [-0.2, -0.15) is 0 Å². The molecule has 0 atom stereocenters. The van der Waals surface area contributed by atoms with Crippen LogP contribution in [0.1, 0.15) is 10.4 Å². The Labute approximate surface area is 161 Å².